The lowest BCUT2D eigenvalue weighted by atomic mass is 10.2. The normalized spacial score (nSPS) is 11.7. The molecular weight excluding hydrogens is 290 g/mol. The molecule has 4 N–H and O–H groups in total. The molecule has 0 aliphatic rings. The van der Waals surface area contributed by atoms with Gasteiger partial charge < -0.3 is 25.8 Å². The van der Waals surface area contributed by atoms with E-state index in [9.17, 15) is 19.2 Å². The van der Waals surface area contributed by atoms with Crippen molar-refractivity contribution in [2.45, 2.75) is 19.0 Å². The van der Waals surface area contributed by atoms with E-state index in [0.29, 0.717) is 5.31 Å². The van der Waals surface area contributed by atoms with Crippen LogP contribution in [0.25, 0.3) is 0 Å². The molecule has 0 saturated carbocycles. The van der Waals surface area contributed by atoms with Crippen molar-refractivity contribution in [1.29, 1.82) is 0 Å². The molecule has 0 aromatic heterocycles. The summed E-state index contributed by atoms with van der Waals surface area (Å²) < 4.78 is 7.47. The van der Waals surface area contributed by atoms with Gasteiger partial charge in [-0.3, -0.25) is 9.59 Å². The minimum Gasteiger partial charge on any atom is -0.481 e. The monoisotopic (exact) mass is 308 g/mol. The lowest BCUT2D eigenvalue weighted by Gasteiger charge is -2.11. The molecule has 0 radical (unpaired) electrons. The van der Waals surface area contributed by atoms with Crippen molar-refractivity contribution in [3.63, 3.8) is 0 Å². The first-order valence-corrected chi connectivity index (χ1v) is 6.47. The van der Waals surface area contributed by atoms with Crippen molar-refractivity contribution in [3.05, 3.63) is 35.9 Å². The summed E-state index contributed by atoms with van der Waals surface area (Å²) in [5, 5.41) is 13.5. The summed E-state index contributed by atoms with van der Waals surface area (Å²) in [4.78, 5) is 44.4. The molecule has 1 atom stereocenters. The molecule has 3 amide bonds. The molecule has 0 saturated heterocycles. The number of carbonyl (C=O) groups is 4. The number of aldehydes is 1. The van der Waals surface area contributed by atoms with Gasteiger partial charge in [0.25, 0.3) is 0 Å². The second-order valence-electron chi connectivity index (χ2n) is 4.37. The smallest absolute Gasteiger partial charge is 0.315 e. The lowest BCUT2D eigenvalue weighted by Crippen LogP contribution is -2.45. The molecule has 1 rings (SSSR count). The Morgan fingerprint density at radius 2 is 1.95 bits per heavy atom. The molecule has 8 heteroatoms. The molecule has 1 aromatic rings. The number of carboxylic acid groups (broad SMARTS) is 1. The van der Waals surface area contributed by atoms with Crippen LogP contribution in [0.3, 0.4) is 0 Å². The van der Waals surface area contributed by atoms with Gasteiger partial charge >= 0.3 is 12.0 Å². The second-order valence-corrected chi connectivity index (χ2v) is 4.37. The zero-order chi connectivity index (χ0) is 17.2. The van der Waals surface area contributed by atoms with Crippen LogP contribution in [0.5, 0.6) is 0 Å². The van der Waals surface area contributed by atoms with Crippen molar-refractivity contribution in [1.82, 2.24) is 15.9 Å². The van der Waals surface area contributed by atoms with E-state index in [2.05, 4.69) is 10.6 Å². The lowest BCUT2D eigenvalue weighted by molar-refractivity contribution is -0.138. The molecule has 0 heterocycles. The minimum atomic E-state index is -1.24. The number of aliphatic carboxylic acids is 1. The Morgan fingerprint density at radius 1 is 1.27 bits per heavy atom. The summed E-state index contributed by atoms with van der Waals surface area (Å²) in [5.74, 6) is -2.04. The van der Waals surface area contributed by atoms with Crippen molar-refractivity contribution >= 4 is 24.2 Å². The number of carboxylic acids is 1. The predicted molar refractivity (Wildman–Crippen MR) is 76.9 cm³/mol. The van der Waals surface area contributed by atoms with E-state index in [1.165, 1.54) is 0 Å². The average molecular weight is 308 g/mol. The number of benzene rings is 1. The summed E-state index contributed by atoms with van der Waals surface area (Å²) in [6.45, 7) is -0.419. The molecule has 0 fully saturated rings. The minimum absolute atomic E-state index is 0.201. The zero-order valence-electron chi connectivity index (χ0n) is 12.7. The second kappa shape index (κ2) is 9.11. The van der Waals surface area contributed by atoms with Gasteiger partial charge in [-0.15, -0.1) is 0 Å². The quantitative estimate of drug-likeness (QED) is 0.488. The Labute approximate surface area is 128 Å². The maximum atomic E-state index is 11.7. The largest absolute Gasteiger partial charge is 0.481 e. The van der Waals surface area contributed by atoms with Gasteiger partial charge in [0.2, 0.25) is 5.91 Å². The first-order valence-electron chi connectivity index (χ1n) is 6.91. The van der Waals surface area contributed by atoms with E-state index < -0.39 is 36.9 Å². The maximum absolute atomic E-state index is 11.7. The van der Waals surface area contributed by atoms with Crippen molar-refractivity contribution in [2.75, 3.05) is 6.54 Å². The van der Waals surface area contributed by atoms with Gasteiger partial charge in [-0.2, -0.15) is 0 Å². The van der Waals surface area contributed by atoms with E-state index in [-0.39, 0.29) is 12.8 Å². The summed E-state index contributed by atoms with van der Waals surface area (Å²) in [7, 11) is 0. The van der Waals surface area contributed by atoms with Crippen molar-refractivity contribution < 1.29 is 25.7 Å². The summed E-state index contributed by atoms with van der Waals surface area (Å²) in [6.07, 6.45) is -0.275. The Balaban J connectivity index is 2.40. The third kappa shape index (κ3) is 7.04. The zero-order valence-corrected chi connectivity index (χ0v) is 11.7. The van der Waals surface area contributed by atoms with Gasteiger partial charge in [0.1, 0.15) is 6.29 Å². The molecule has 8 nitrogen and oxygen atoms in total. The fourth-order valence-corrected chi connectivity index (χ4v) is 1.55. The van der Waals surface area contributed by atoms with Crippen LogP contribution in [0.4, 0.5) is 4.79 Å². The third-order valence-electron chi connectivity index (χ3n) is 2.56. The third-order valence-corrected chi connectivity index (χ3v) is 2.56. The number of hydrogen-bond acceptors (Lipinski definition) is 4. The SMILES string of the molecule is [2H]N(CC(=O)N[C@H](C=O)CC(=O)O)C(=O)NCc1ccccc1. The van der Waals surface area contributed by atoms with E-state index >= 15 is 0 Å². The highest BCUT2D eigenvalue weighted by molar-refractivity contribution is 5.86. The van der Waals surface area contributed by atoms with Gasteiger partial charge in [-0.1, -0.05) is 30.3 Å². The average Bonchev–Trinajstić information content (AvgIpc) is 2.52. The van der Waals surface area contributed by atoms with E-state index in [4.69, 9.17) is 6.52 Å². The highest BCUT2D eigenvalue weighted by atomic mass is 16.4. The highest BCUT2D eigenvalue weighted by Crippen LogP contribution is 1.96. The van der Waals surface area contributed by atoms with Crippen molar-refractivity contribution in [3.8, 4) is 0 Å². The van der Waals surface area contributed by atoms with Gasteiger partial charge in [-0.25, -0.2) is 4.79 Å². The fourth-order valence-electron chi connectivity index (χ4n) is 1.55. The molecule has 22 heavy (non-hydrogen) atoms. The highest BCUT2D eigenvalue weighted by Gasteiger charge is 2.15. The van der Waals surface area contributed by atoms with E-state index in [1.807, 2.05) is 6.07 Å². The van der Waals surface area contributed by atoms with E-state index in [0.717, 1.165) is 5.56 Å². The number of urea groups is 1. The van der Waals surface area contributed by atoms with Crippen LogP contribution < -0.4 is 15.9 Å². The van der Waals surface area contributed by atoms with Crippen LogP contribution in [0, 0.1) is 0 Å². The Hall–Kier alpha value is -2.90. The van der Waals surface area contributed by atoms with Gasteiger partial charge in [0, 0.05) is 6.54 Å². The Kier molecular flexibility index (Phi) is 6.42. The molecule has 0 aliphatic carbocycles. The van der Waals surface area contributed by atoms with Crippen molar-refractivity contribution in [2.24, 2.45) is 0 Å². The number of hydrogen-bond donors (Lipinski definition) is 4. The molecule has 118 valence electrons. The molecule has 0 unspecified atom stereocenters. The standard InChI is InChI=1S/C14H17N3O5/c18-9-11(6-13(20)21)17-12(19)8-16-14(22)15-7-10-4-2-1-3-5-10/h1-5,9,11H,6-8H2,(H,17,19)(H,20,21)(H2,15,16,22)/t11-/m0/s1/i/hD. The van der Waals surface area contributed by atoms with Gasteiger partial charge in [0.05, 0.1) is 19.0 Å². The first kappa shape index (κ1) is 15.5. The number of amides is 3. The first-order chi connectivity index (χ1) is 10.9. The molecule has 1 aromatic carbocycles. The summed E-state index contributed by atoms with van der Waals surface area (Å²) in [5.41, 5.74) is 0.834. The van der Waals surface area contributed by atoms with Crippen LogP contribution in [0.15, 0.2) is 30.3 Å². The summed E-state index contributed by atoms with van der Waals surface area (Å²) in [6, 6.07) is 7.03. The molecule has 0 spiro atoms. The topological polar surface area (TPSA) is 125 Å². The molecule has 0 aliphatic heterocycles. The summed E-state index contributed by atoms with van der Waals surface area (Å²) >= 11 is 0. The maximum Gasteiger partial charge on any atom is 0.315 e. The molecular formula is C14H17N3O5. The fraction of sp³-hybridized carbons (Fsp3) is 0.286. The Morgan fingerprint density at radius 3 is 2.55 bits per heavy atom. The number of carbonyl (C=O) groups excluding carboxylic acids is 3. The van der Waals surface area contributed by atoms with Crippen LogP contribution in [0.1, 0.15) is 12.0 Å². The van der Waals surface area contributed by atoms with Gasteiger partial charge in [0.15, 0.2) is 1.41 Å². The van der Waals surface area contributed by atoms with Crippen LogP contribution in [-0.4, -0.2) is 41.9 Å². The number of rotatable bonds is 8. The van der Waals surface area contributed by atoms with E-state index in [1.54, 1.807) is 24.3 Å². The molecule has 0 bridgehead atoms. The predicted octanol–water partition coefficient (Wildman–Crippen LogP) is -0.356. The van der Waals surface area contributed by atoms with Crippen LogP contribution in [0.2, 0.25) is 1.41 Å². The van der Waals surface area contributed by atoms with Crippen LogP contribution in [-0.2, 0) is 20.9 Å². The number of nitrogens with one attached hydrogen (secondary N) is 3. The van der Waals surface area contributed by atoms with Gasteiger partial charge in [-0.05, 0) is 5.56 Å². The Bertz CT molecular complexity index is 567. The van der Waals surface area contributed by atoms with Crippen LogP contribution >= 0.6 is 0 Å².